The summed E-state index contributed by atoms with van der Waals surface area (Å²) in [5.74, 6) is 0.391. The van der Waals surface area contributed by atoms with Crippen molar-refractivity contribution in [1.29, 1.82) is 0 Å². The topological polar surface area (TPSA) is 64.4 Å². The van der Waals surface area contributed by atoms with Crippen molar-refractivity contribution in [3.05, 3.63) is 18.0 Å². The van der Waals surface area contributed by atoms with Gasteiger partial charge in [0.1, 0.15) is 17.9 Å². The van der Waals surface area contributed by atoms with E-state index >= 15 is 0 Å². The normalized spacial score (nSPS) is 13.1. The fraction of sp³-hybridized carbons (Fsp3) is 0.667. The predicted octanol–water partition coefficient (Wildman–Crippen LogP) is 2.65. The number of aromatic nitrogens is 2. The van der Waals surface area contributed by atoms with Crippen molar-refractivity contribution in [2.45, 2.75) is 52.8 Å². The number of carbonyl (C=O) groups is 2. The van der Waals surface area contributed by atoms with E-state index in [4.69, 9.17) is 4.74 Å². The minimum absolute atomic E-state index is 0.391. The lowest BCUT2D eigenvalue weighted by atomic mass is 10.1. The summed E-state index contributed by atoms with van der Waals surface area (Å²) < 4.78 is 7.05. The molecule has 6 heteroatoms. The lowest BCUT2D eigenvalue weighted by molar-refractivity contribution is -0.112. The maximum absolute atomic E-state index is 12.1. The molecule has 0 saturated heterocycles. The first-order valence-electron chi connectivity index (χ1n) is 7.08. The Morgan fingerprint density at radius 1 is 1.48 bits per heavy atom. The molecule has 1 rings (SSSR count). The molecular formula is C15H25N3O3. The average Bonchev–Trinajstić information content (AvgIpc) is 2.75. The van der Waals surface area contributed by atoms with E-state index in [1.807, 2.05) is 0 Å². The van der Waals surface area contributed by atoms with Gasteiger partial charge in [0.15, 0.2) is 0 Å². The number of nitrogens with zero attached hydrogens (tertiary/aromatic N) is 3. The van der Waals surface area contributed by atoms with E-state index in [9.17, 15) is 9.59 Å². The number of hydrogen-bond donors (Lipinski definition) is 0. The Morgan fingerprint density at radius 2 is 2.10 bits per heavy atom. The summed E-state index contributed by atoms with van der Waals surface area (Å²) in [5.41, 5.74) is 0.0868. The zero-order valence-corrected chi connectivity index (χ0v) is 13.7. The Kier molecular flexibility index (Phi) is 5.52. The number of likely N-dealkylation sites (N-methyl/N-ethyl adjacent to an activating group) is 1. The standard InChI is InChI=1S/C15H25N3O3/c1-11(2)9-18-12(7-8-16-18)13(10-19)17(6)14(20)21-15(3,4)5/h7-8,10-11,13H,9H2,1-6H3. The summed E-state index contributed by atoms with van der Waals surface area (Å²) in [6.07, 6.45) is 1.84. The maximum atomic E-state index is 12.1. The summed E-state index contributed by atoms with van der Waals surface area (Å²) in [4.78, 5) is 24.9. The highest BCUT2D eigenvalue weighted by Crippen LogP contribution is 2.20. The van der Waals surface area contributed by atoms with Gasteiger partial charge in [0, 0.05) is 19.8 Å². The summed E-state index contributed by atoms with van der Waals surface area (Å²) in [6, 6.07) is 1.04. The molecule has 21 heavy (non-hydrogen) atoms. The third-order valence-electron chi connectivity index (χ3n) is 2.82. The van der Waals surface area contributed by atoms with E-state index in [2.05, 4.69) is 18.9 Å². The van der Waals surface area contributed by atoms with Crippen molar-refractivity contribution < 1.29 is 14.3 Å². The first kappa shape index (κ1) is 17.2. The van der Waals surface area contributed by atoms with Crippen molar-refractivity contribution in [2.75, 3.05) is 7.05 Å². The van der Waals surface area contributed by atoms with Gasteiger partial charge in [-0.2, -0.15) is 5.10 Å². The summed E-state index contributed by atoms with van der Waals surface area (Å²) in [6.45, 7) is 10.2. The van der Waals surface area contributed by atoms with Gasteiger partial charge in [-0.1, -0.05) is 13.8 Å². The lowest BCUT2D eigenvalue weighted by Gasteiger charge is -2.28. The Hall–Kier alpha value is -1.85. The van der Waals surface area contributed by atoms with Crippen LogP contribution < -0.4 is 0 Å². The third-order valence-corrected chi connectivity index (χ3v) is 2.82. The minimum Gasteiger partial charge on any atom is -0.444 e. The summed E-state index contributed by atoms with van der Waals surface area (Å²) >= 11 is 0. The van der Waals surface area contributed by atoms with Crippen LogP contribution in [0.1, 0.15) is 46.4 Å². The van der Waals surface area contributed by atoms with Crippen LogP contribution in [0.2, 0.25) is 0 Å². The second kappa shape index (κ2) is 6.74. The van der Waals surface area contributed by atoms with E-state index in [0.717, 1.165) is 6.29 Å². The smallest absolute Gasteiger partial charge is 0.410 e. The largest absolute Gasteiger partial charge is 0.444 e. The van der Waals surface area contributed by atoms with Crippen LogP contribution in [0.25, 0.3) is 0 Å². The highest BCUT2D eigenvalue weighted by molar-refractivity contribution is 5.74. The molecule has 0 N–H and O–H groups in total. The van der Waals surface area contributed by atoms with Gasteiger partial charge in [0.2, 0.25) is 0 Å². The van der Waals surface area contributed by atoms with E-state index in [0.29, 0.717) is 18.2 Å². The lowest BCUT2D eigenvalue weighted by Crippen LogP contribution is -2.38. The molecule has 0 spiro atoms. The molecule has 1 heterocycles. The zero-order chi connectivity index (χ0) is 16.2. The molecule has 1 unspecified atom stereocenters. The SMILES string of the molecule is CC(C)Cn1nccc1C(C=O)N(C)C(=O)OC(C)(C)C. The van der Waals surface area contributed by atoms with Crippen LogP contribution in [0.5, 0.6) is 0 Å². The van der Waals surface area contributed by atoms with Crippen LogP contribution in [0, 0.1) is 5.92 Å². The monoisotopic (exact) mass is 295 g/mol. The molecule has 0 bridgehead atoms. The second-order valence-electron chi connectivity index (χ2n) is 6.50. The highest BCUT2D eigenvalue weighted by Gasteiger charge is 2.28. The maximum Gasteiger partial charge on any atom is 0.410 e. The molecule has 0 aliphatic rings. The van der Waals surface area contributed by atoms with Crippen molar-refractivity contribution >= 4 is 12.4 Å². The van der Waals surface area contributed by atoms with Gasteiger partial charge in [-0.25, -0.2) is 4.79 Å². The number of ether oxygens (including phenoxy) is 1. The number of carbonyl (C=O) groups excluding carboxylic acids is 2. The van der Waals surface area contributed by atoms with Crippen LogP contribution >= 0.6 is 0 Å². The van der Waals surface area contributed by atoms with E-state index in [1.165, 1.54) is 4.90 Å². The van der Waals surface area contributed by atoms with Crippen LogP contribution in [-0.4, -0.2) is 39.7 Å². The molecule has 0 saturated carbocycles. The molecule has 6 nitrogen and oxygen atoms in total. The third kappa shape index (κ3) is 4.88. The Morgan fingerprint density at radius 3 is 2.57 bits per heavy atom. The zero-order valence-electron chi connectivity index (χ0n) is 13.7. The molecule has 0 radical (unpaired) electrons. The molecule has 1 aromatic heterocycles. The minimum atomic E-state index is -0.707. The highest BCUT2D eigenvalue weighted by atomic mass is 16.6. The van der Waals surface area contributed by atoms with Crippen LogP contribution in [0.4, 0.5) is 4.79 Å². The Labute approximate surface area is 126 Å². The number of amides is 1. The summed E-state index contributed by atoms with van der Waals surface area (Å²) in [5, 5.41) is 4.22. The molecule has 0 aromatic carbocycles. The average molecular weight is 295 g/mol. The van der Waals surface area contributed by atoms with Crippen molar-refractivity contribution in [3.8, 4) is 0 Å². The van der Waals surface area contributed by atoms with Crippen LogP contribution in [0.3, 0.4) is 0 Å². The van der Waals surface area contributed by atoms with Gasteiger partial charge < -0.3 is 9.53 Å². The van der Waals surface area contributed by atoms with Gasteiger partial charge in [-0.3, -0.25) is 9.58 Å². The van der Waals surface area contributed by atoms with Gasteiger partial charge in [0.25, 0.3) is 0 Å². The van der Waals surface area contributed by atoms with Crippen molar-refractivity contribution in [2.24, 2.45) is 5.92 Å². The van der Waals surface area contributed by atoms with Crippen molar-refractivity contribution in [3.63, 3.8) is 0 Å². The molecule has 0 aliphatic carbocycles. The van der Waals surface area contributed by atoms with Gasteiger partial charge in [-0.05, 0) is 32.8 Å². The predicted molar refractivity (Wildman–Crippen MR) is 79.9 cm³/mol. The van der Waals surface area contributed by atoms with Gasteiger partial charge >= 0.3 is 6.09 Å². The first-order chi connectivity index (χ1) is 9.65. The number of hydrogen-bond acceptors (Lipinski definition) is 4. The molecule has 118 valence electrons. The molecule has 0 aliphatic heterocycles. The molecule has 1 aromatic rings. The van der Waals surface area contributed by atoms with Crippen molar-refractivity contribution in [1.82, 2.24) is 14.7 Å². The first-order valence-corrected chi connectivity index (χ1v) is 7.08. The molecule has 1 atom stereocenters. The Bertz CT molecular complexity index is 489. The van der Waals surface area contributed by atoms with E-state index in [-0.39, 0.29) is 0 Å². The van der Waals surface area contributed by atoms with Crippen LogP contribution in [0.15, 0.2) is 12.3 Å². The van der Waals surface area contributed by atoms with Crippen LogP contribution in [-0.2, 0) is 16.1 Å². The number of rotatable bonds is 5. The summed E-state index contributed by atoms with van der Waals surface area (Å²) in [7, 11) is 1.56. The van der Waals surface area contributed by atoms with E-state index < -0.39 is 17.7 Å². The molecule has 0 fully saturated rings. The van der Waals surface area contributed by atoms with E-state index in [1.54, 1.807) is 44.8 Å². The fourth-order valence-electron chi connectivity index (χ4n) is 1.90. The number of aldehydes is 1. The molecule has 1 amide bonds. The Balaban J connectivity index is 2.95. The van der Waals surface area contributed by atoms with Gasteiger partial charge in [0.05, 0.1) is 5.69 Å². The molecular weight excluding hydrogens is 270 g/mol. The fourth-order valence-corrected chi connectivity index (χ4v) is 1.90. The van der Waals surface area contributed by atoms with Gasteiger partial charge in [-0.15, -0.1) is 0 Å². The second-order valence-corrected chi connectivity index (χ2v) is 6.50. The quantitative estimate of drug-likeness (QED) is 0.783.